The van der Waals surface area contributed by atoms with Crippen molar-refractivity contribution in [3.63, 3.8) is 0 Å². The number of phosphoric acid groups is 1. The van der Waals surface area contributed by atoms with Crippen molar-refractivity contribution >= 4 is 25.5 Å². The van der Waals surface area contributed by atoms with Gasteiger partial charge in [-0.2, -0.15) is 0 Å². The third-order valence-corrected chi connectivity index (χ3v) is 13.2. The second-order valence-corrected chi connectivity index (χ2v) is 19.2. The lowest BCUT2D eigenvalue weighted by molar-refractivity contribution is -0.122. The molecule has 0 aliphatic heterocycles. The summed E-state index contributed by atoms with van der Waals surface area (Å²) in [5.41, 5.74) is 2.35. The standard InChI is InChI=1S/C54H84N3O7P/c1-4-7-10-13-16-19-31-40-52(58)55-49(46-34-25-22-26-35-46)43-62-65(61,63-44-50(47-36-27-23-28-37-47)56-53(59)41-32-20-17-14-11-8-5-2)64-45-51(48-38-29-24-30-39-48)57-54(60)42-33-21-18-15-12-9-6-3/h22-30,34-39,49-51H,4-21,31-33,40-45H2,1-3H3,(H,55,58)(H,56,59)(H,57,60)/t49-,50-,51-/m0/s1. The fourth-order valence-electron chi connectivity index (χ4n) is 7.86. The van der Waals surface area contributed by atoms with E-state index in [0.717, 1.165) is 74.5 Å². The van der Waals surface area contributed by atoms with E-state index in [9.17, 15) is 14.4 Å². The van der Waals surface area contributed by atoms with Crippen molar-refractivity contribution < 1.29 is 32.5 Å². The minimum atomic E-state index is -4.45. The summed E-state index contributed by atoms with van der Waals surface area (Å²) in [7, 11) is -4.45. The molecule has 0 heterocycles. The minimum absolute atomic E-state index is 0.117. The Morgan fingerprint density at radius 1 is 0.385 bits per heavy atom. The molecule has 65 heavy (non-hydrogen) atoms. The predicted octanol–water partition coefficient (Wildman–Crippen LogP) is 14.1. The number of phosphoric ester groups is 1. The molecule has 0 aliphatic carbocycles. The van der Waals surface area contributed by atoms with Crippen LogP contribution >= 0.6 is 7.82 Å². The first-order valence-corrected chi connectivity index (χ1v) is 26.8. The number of hydrogen-bond acceptors (Lipinski definition) is 7. The molecular formula is C54H84N3O7P. The van der Waals surface area contributed by atoms with Crippen LogP contribution < -0.4 is 16.0 Å². The Labute approximate surface area is 393 Å². The molecule has 0 unspecified atom stereocenters. The third-order valence-electron chi connectivity index (χ3n) is 11.8. The van der Waals surface area contributed by atoms with Crippen molar-refractivity contribution in [1.82, 2.24) is 16.0 Å². The van der Waals surface area contributed by atoms with Gasteiger partial charge in [0, 0.05) is 19.3 Å². The minimum Gasteiger partial charge on any atom is -0.347 e. The van der Waals surface area contributed by atoms with E-state index in [0.29, 0.717) is 19.3 Å². The van der Waals surface area contributed by atoms with E-state index in [4.69, 9.17) is 13.6 Å². The first-order valence-electron chi connectivity index (χ1n) is 25.3. The highest BCUT2D eigenvalue weighted by molar-refractivity contribution is 7.48. The van der Waals surface area contributed by atoms with Crippen LogP contribution in [0.25, 0.3) is 0 Å². The molecule has 10 nitrogen and oxygen atoms in total. The summed E-state index contributed by atoms with van der Waals surface area (Å²) in [6, 6.07) is 26.4. The average molecular weight is 918 g/mol. The van der Waals surface area contributed by atoms with Gasteiger partial charge in [0.15, 0.2) is 0 Å². The molecule has 362 valence electrons. The molecule has 3 N–H and O–H groups in total. The molecule has 0 fully saturated rings. The van der Waals surface area contributed by atoms with Gasteiger partial charge in [-0.1, -0.05) is 227 Å². The Morgan fingerprint density at radius 2 is 0.615 bits per heavy atom. The van der Waals surface area contributed by atoms with Crippen LogP contribution in [0.15, 0.2) is 91.0 Å². The van der Waals surface area contributed by atoms with Crippen LogP contribution in [0.4, 0.5) is 0 Å². The molecule has 3 aromatic rings. The van der Waals surface area contributed by atoms with Crippen LogP contribution in [0.2, 0.25) is 0 Å². The molecule has 0 bridgehead atoms. The van der Waals surface area contributed by atoms with Crippen LogP contribution in [0.1, 0.15) is 210 Å². The van der Waals surface area contributed by atoms with E-state index in [1.54, 1.807) is 0 Å². The lowest BCUT2D eigenvalue weighted by Crippen LogP contribution is -2.33. The largest absolute Gasteiger partial charge is 0.475 e. The Kier molecular flexibility index (Phi) is 30.2. The number of carbonyl (C=O) groups is 3. The number of unbranched alkanes of at least 4 members (excludes halogenated alkanes) is 18. The number of hydrogen-bond donors (Lipinski definition) is 3. The summed E-state index contributed by atoms with van der Waals surface area (Å²) in [5, 5.41) is 9.35. The number of carbonyl (C=O) groups excluding carboxylic acids is 3. The molecule has 3 rings (SSSR count). The molecule has 0 aliphatic rings. The van der Waals surface area contributed by atoms with E-state index in [-0.39, 0.29) is 37.5 Å². The smallest absolute Gasteiger partial charge is 0.347 e. The lowest BCUT2D eigenvalue weighted by atomic mass is 10.1. The maximum atomic E-state index is 15.0. The van der Waals surface area contributed by atoms with Crippen LogP contribution in [0, 0.1) is 0 Å². The SMILES string of the molecule is CCCCCCCCCC(=O)N[C@@H](COP(=O)(OC[C@H](NC(=O)CCCCCCCCC)c1ccccc1)OC[C@H](NC(=O)CCCCCCCCC)c1ccccc1)c1ccccc1. The van der Waals surface area contributed by atoms with E-state index in [1.165, 1.54) is 77.0 Å². The van der Waals surface area contributed by atoms with Gasteiger partial charge >= 0.3 is 7.82 Å². The second-order valence-electron chi connectivity index (χ2n) is 17.5. The molecule has 0 saturated carbocycles. The highest BCUT2D eigenvalue weighted by Gasteiger charge is 2.33. The zero-order valence-corrected chi connectivity index (χ0v) is 41.2. The van der Waals surface area contributed by atoms with Gasteiger partial charge in [-0.25, -0.2) is 4.57 Å². The van der Waals surface area contributed by atoms with Gasteiger partial charge in [0.25, 0.3) is 0 Å². The number of benzene rings is 3. The lowest BCUT2D eigenvalue weighted by Gasteiger charge is -2.27. The highest BCUT2D eigenvalue weighted by atomic mass is 31.2. The van der Waals surface area contributed by atoms with Gasteiger partial charge in [-0.05, 0) is 36.0 Å². The summed E-state index contributed by atoms with van der Waals surface area (Å²) in [5.74, 6) is -0.352. The molecule has 0 aromatic heterocycles. The Bertz CT molecular complexity index is 1520. The Hall–Kier alpha value is -3.82. The fourth-order valence-corrected chi connectivity index (χ4v) is 9.08. The van der Waals surface area contributed by atoms with Gasteiger partial charge in [0.1, 0.15) is 0 Å². The molecule has 3 atom stereocenters. The van der Waals surface area contributed by atoms with Crippen LogP contribution in [0.3, 0.4) is 0 Å². The van der Waals surface area contributed by atoms with Gasteiger partial charge in [0.05, 0.1) is 37.9 Å². The van der Waals surface area contributed by atoms with Gasteiger partial charge in [0.2, 0.25) is 17.7 Å². The van der Waals surface area contributed by atoms with Crippen molar-refractivity contribution in [2.24, 2.45) is 0 Å². The molecular weight excluding hydrogens is 834 g/mol. The zero-order valence-electron chi connectivity index (χ0n) is 40.3. The predicted molar refractivity (Wildman–Crippen MR) is 265 cm³/mol. The van der Waals surface area contributed by atoms with E-state index in [2.05, 4.69) is 36.7 Å². The fraction of sp³-hybridized carbons (Fsp3) is 0.611. The maximum Gasteiger partial charge on any atom is 0.475 e. The molecule has 3 aromatic carbocycles. The molecule has 11 heteroatoms. The number of nitrogens with one attached hydrogen (secondary N) is 3. The first kappa shape index (κ1) is 55.5. The second kappa shape index (κ2) is 35.4. The van der Waals surface area contributed by atoms with E-state index in [1.807, 2.05) is 91.0 Å². The van der Waals surface area contributed by atoms with Crippen molar-refractivity contribution in [3.05, 3.63) is 108 Å². The Balaban J connectivity index is 1.80. The van der Waals surface area contributed by atoms with Crippen LogP contribution in [-0.2, 0) is 32.5 Å². The highest BCUT2D eigenvalue weighted by Crippen LogP contribution is 2.51. The van der Waals surface area contributed by atoms with Gasteiger partial charge < -0.3 is 16.0 Å². The third kappa shape index (κ3) is 25.6. The quantitative estimate of drug-likeness (QED) is 0.0383. The molecule has 0 radical (unpaired) electrons. The Morgan fingerprint density at radius 3 is 0.862 bits per heavy atom. The molecule has 0 spiro atoms. The summed E-state index contributed by atoms with van der Waals surface area (Å²) >= 11 is 0. The number of amides is 3. The normalized spacial score (nSPS) is 12.9. The van der Waals surface area contributed by atoms with Crippen molar-refractivity contribution in [2.45, 2.75) is 193 Å². The zero-order chi connectivity index (χ0) is 46.6. The maximum absolute atomic E-state index is 15.0. The van der Waals surface area contributed by atoms with Crippen LogP contribution in [0.5, 0.6) is 0 Å². The topological polar surface area (TPSA) is 132 Å². The summed E-state index contributed by atoms with van der Waals surface area (Å²) in [4.78, 5) is 40.1. The van der Waals surface area contributed by atoms with Crippen molar-refractivity contribution in [1.29, 1.82) is 0 Å². The number of rotatable bonds is 39. The molecule has 0 saturated heterocycles. The van der Waals surface area contributed by atoms with Crippen molar-refractivity contribution in [2.75, 3.05) is 19.8 Å². The summed E-state index contributed by atoms with van der Waals surface area (Å²) < 4.78 is 33.7. The summed E-state index contributed by atoms with van der Waals surface area (Å²) in [6.07, 6.45) is 24.2. The van der Waals surface area contributed by atoms with E-state index < -0.39 is 25.9 Å². The van der Waals surface area contributed by atoms with Crippen LogP contribution in [-0.4, -0.2) is 37.5 Å². The summed E-state index contributed by atoms with van der Waals surface area (Å²) in [6.45, 7) is 6.00. The van der Waals surface area contributed by atoms with Gasteiger partial charge in [-0.15, -0.1) is 0 Å². The van der Waals surface area contributed by atoms with Gasteiger partial charge in [-0.3, -0.25) is 28.0 Å². The van der Waals surface area contributed by atoms with Crippen molar-refractivity contribution in [3.8, 4) is 0 Å². The monoisotopic (exact) mass is 918 g/mol. The molecule has 3 amide bonds. The first-order chi connectivity index (χ1) is 31.8. The average Bonchev–Trinajstić information content (AvgIpc) is 3.33. The van der Waals surface area contributed by atoms with E-state index >= 15 is 4.57 Å².